The number of hydrogen-bond acceptors (Lipinski definition) is 5. The van der Waals surface area contributed by atoms with Crippen molar-refractivity contribution in [3.05, 3.63) is 63.7 Å². The molecule has 7 nitrogen and oxygen atoms in total. The lowest BCUT2D eigenvalue weighted by Crippen LogP contribution is -2.37. The first kappa shape index (κ1) is 19.5. The monoisotopic (exact) mass is 398 g/mol. The maximum Gasteiger partial charge on any atom is 0.407 e. The van der Waals surface area contributed by atoms with Crippen molar-refractivity contribution >= 4 is 6.09 Å². The highest BCUT2D eigenvalue weighted by atomic mass is 16.5. The summed E-state index contributed by atoms with van der Waals surface area (Å²) in [5.74, 6) is 1.30. The average Bonchev–Trinajstić information content (AvgIpc) is 3.12. The number of piperidine rings is 1. The summed E-state index contributed by atoms with van der Waals surface area (Å²) >= 11 is 0. The van der Waals surface area contributed by atoms with Gasteiger partial charge in [0.05, 0.1) is 13.2 Å². The number of hydrogen-bond donors (Lipinski definition) is 1. The summed E-state index contributed by atoms with van der Waals surface area (Å²) < 4.78 is 11.3. The van der Waals surface area contributed by atoms with Gasteiger partial charge < -0.3 is 19.2 Å². The first-order chi connectivity index (χ1) is 14.1. The minimum Gasteiger partial charge on any atom is -0.487 e. The van der Waals surface area contributed by atoms with Crippen molar-refractivity contribution in [1.82, 2.24) is 9.80 Å². The fourth-order valence-corrected chi connectivity index (χ4v) is 4.11. The van der Waals surface area contributed by atoms with Crippen LogP contribution in [0.5, 0.6) is 5.75 Å². The first-order valence-corrected chi connectivity index (χ1v) is 10.1. The molecule has 154 valence electrons. The van der Waals surface area contributed by atoms with Crippen molar-refractivity contribution in [2.24, 2.45) is 5.92 Å². The Morgan fingerprint density at radius 1 is 1.17 bits per heavy atom. The quantitative estimate of drug-likeness (QED) is 0.804. The molecule has 1 aromatic carbocycles. The van der Waals surface area contributed by atoms with Crippen LogP contribution in [-0.4, -0.2) is 40.7 Å². The number of carboxylic acid groups (broad SMARTS) is 1. The number of nitrogens with zero attached hydrogens (tertiary/aromatic N) is 2. The predicted molar refractivity (Wildman–Crippen MR) is 107 cm³/mol. The fraction of sp³-hybridized carbons (Fsp3) is 0.455. The molecule has 1 N–H and O–H groups in total. The maximum absolute atomic E-state index is 12.4. The topological polar surface area (TPSA) is 83.2 Å². The van der Waals surface area contributed by atoms with Gasteiger partial charge in [0.25, 0.3) is 0 Å². The van der Waals surface area contributed by atoms with Crippen LogP contribution in [0.4, 0.5) is 4.79 Å². The zero-order valence-corrected chi connectivity index (χ0v) is 16.4. The smallest absolute Gasteiger partial charge is 0.407 e. The SMILES string of the molecule is O=C(O)N1CCC(CCOc2coc(CN3Cc4ccccc4C3)cc2=O)CC1. The van der Waals surface area contributed by atoms with E-state index >= 15 is 0 Å². The Kier molecular flexibility index (Phi) is 5.85. The van der Waals surface area contributed by atoms with Crippen LogP contribution in [0.2, 0.25) is 0 Å². The van der Waals surface area contributed by atoms with Crippen molar-refractivity contribution in [1.29, 1.82) is 0 Å². The molecule has 0 saturated carbocycles. The van der Waals surface area contributed by atoms with Gasteiger partial charge in [-0.2, -0.15) is 0 Å². The molecule has 1 fully saturated rings. The van der Waals surface area contributed by atoms with Gasteiger partial charge in [-0.05, 0) is 36.3 Å². The minimum absolute atomic E-state index is 0.163. The predicted octanol–water partition coefficient (Wildman–Crippen LogP) is 3.31. The van der Waals surface area contributed by atoms with Gasteiger partial charge in [0.15, 0.2) is 0 Å². The van der Waals surface area contributed by atoms with Crippen molar-refractivity contribution in [2.45, 2.75) is 38.9 Å². The number of likely N-dealkylation sites (tertiary alicyclic amines) is 1. The summed E-state index contributed by atoms with van der Waals surface area (Å²) in [4.78, 5) is 27.0. The third-order valence-electron chi connectivity index (χ3n) is 5.81. The van der Waals surface area contributed by atoms with Gasteiger partial charge in [0.2, 0.25) is 11.2 Å². The van der Waals surface area contributed by atoms with E-state index in [1.807, 2.05) is 12.1 Å². The molecule has 1 amide bonds. The van der Waals surface area contributed by atoms with E-state index in [9.17, 15) is 9.59 Å². The molecule has 2 aliphatic rings. The van der Waals surface area contributed by atoms with E-state index in [0.717, 1.165) is 32.4 Å². The number of amides is 1. The van der Waals surface area contributed by atoms with Crippen LogP contribution in [0.3, 0.4) is 0 Å². The standard InChI is InChI=1S/C22H26N2O5/c25-20-11-19(14-23-12-17-3-1-2-4-18(17)13-23)29-15-21(20)28-10-7-16-5-8-24(9-6-16)22(26)27/h1-4,11,15-16H,5-10,12-14H2,(H,26,27). The van der Waals surface area contributed by atoms with Crippen LogP contribution in [-0.2, 0) is 19.6 Å². The molecular weight excluding hydrogens is 372 g/mol. The second kappa shape index (κ2) is 8.69. The van der Waals surface area contributed by atoms with Crippen LogP contribution in [0.1, 0.15) is 36.1 Å². The van der Waals surface area contributed by atoms with Crippen molar-refractivity contribution < 1.29 is 19.1 Å². The lowest BCUT2D eigenvalue weighted by Gasteiger charge is -2.29. The van der Waals surface area contributed by atoms with E-state index in [1.54, 1.807) is 0 Å². The molecular formula is C22H26N2O5. The number of benzene rings is 1. The van der Waals surface area contributed by atoms with Crippen molar-refractivity contribution in [3.63, 3.8) is 0 Å². The number of ether oxygens (including phenoxy) is 1. The largest absolute Gasteiger partial charge is 0.487 e. The van der Waals surface area contributed by atoms with Crippen LogP contribution in [0.15, 0.2) is 45.8 Å². The Labute approximate surface area is 169 Å². The summed E-state index contributed by atoms with van der Waals surface area (Å²) in [6.45, 7) is 3.88. The molecule has 0 bridgehead atoms. The van der Waals surface area contributed by atoms with E-state index in [-0.39, 0.29) is 11.2 Å². The van der Waals surface area contributed by atoms with Crippen LogP contribution in [0, 0.1) is 5.92 Å². The molecule has 3 heterocycles. The van der Waals surface area contributed by atoms with E-state index in [1.165, 1.54) is 28.4 Å². The third-order valence-corrected chi connectivity index (χ3v) is 5.81. The molecule has 0 atom stereocenters. The van der Waals surface area contributed by atoms with Gasteiger partial charge in [-0.25, -0.2) is 4.79 Å². The highest BCUT2D eigenvalue weighted by Gasteiger charge is 2.22. The molecule has 29 heavy (non-hydrogen) atoms. The zero-order valence-electron chi connectivity index (χ0n) is 16.4. The molecule has 7 heteroatoms. The normalized spacial score (nSPS) is 17.3. The Balaban J connectivity index is 1.24. The summed E-state index contributed by atoms with van der Waals surface area (Å²) in [5, 5.41) is 8.99. The van der Waals surface area contributed by atoms with Gasteiger partial charge in [-0.15, -0.1) is 0 Å². The molecule has 1 saturated heterocycles. The van der Waals surface area contributed by atoms with E-state index < -0.39 is 6.09 Å². The highest BCUT2D eigenvalue weighted by molar-refractivity contribution is 5.64. The molecule has 0 radical (unpaired) electrons. The number of carbonyl (C=O) groups is 1. The molecule has 4 rings (SSSR count). The van der Waals surface area contributed by atoms with Crippen LogP contribution in [0.25, 0.3) is 0 Å². The van der Waals surface area contributed by atoms with E-state index in [4.69, 9.17) is 14.3 Å². The second-order valence-electron chi connectivity index (χ2n) is 7.84. The molecule has 0 unspecified atom stereocenters. The molecule has 0 aliphatic carbocycles. The first-order valence-electron chi connectivity index (χ1n) is 10.1. The Morgan fingerprint density at radius 2 is 1.86 bits per heavy atom. The Hall–Kier alpha value is -2.80. The summed E-state index contributed by atoms with van der Waals surface area (Å²) in [6, 6.07) is 9.87. The second-order valence-corrected chi connectivity index (χ2v) is 7.84. The fourth-order valence-electron chi connectivity index (χ4n) is 4.11. The number of rotatable bonds is 6. The van der Waals surface area contributed by atoms with Gasteiger partial charge >= 0.3 is 6.09 Å². The molecule has 1 aromatic heterocycles. The maximum atomic E-state index is 12.4. The summed E-state index contributed by atoms with van der Waals surface area (Å²) in [6.07, 6.45) is 3.03. The minimum atomic E-state index is -0.852. The molecule has 2 aromatic rings. The Bertz CT molecular complexity index is 892. The molecule has 0 spiro atoms. The molecule has 2 aliphatic heterocycles. The van der Waals surface area contributed by atoms with Gasteiger partial charge in [0.1, 0.15) is 12.0 Å². The van der Waals surface area contributed by atoms with Gasteiger partial charge in [0, 0.05) is 32.2 Å². The van der Waals surface area contributed by atoms with E-state index in [2.05, 4.69) is 17.0 Å². The lowest BCUT2D eigenvalue weighted by atomic mass is 9.94. The van der Waals surface area contributed by atoms with Gasteiger partial charge in [-0.3, -0.25) is 9.69 Å². The summed E-state index contributed by atoms with van der Waals surface area (Å²) in [5.41, 5.74) is 2.48. The van der Waals surface area contributed by atoms with Crippen LogP contribution >= 0.6 is 0 Å². The summed E-state index contributed by atoms with van der Waals surface area (Å²) in [7, 11) is 0. The zero-order chi connectivity index (χ0) is 20.2. The third kappa shape index (κ3) is 4.79. The highest BCUT2D eigenvalue weighted by Crippen LogP contribution is 2.24. The van der Waals surface area contributed by atoms with Crippen molar-refractivity contribution in [3.8, 4) is 5.75 Å². The lowest BCUT2D eigenvalue weighted by molar-refractivity contribution is 0.119. The van der Waals surface area contributed by atoms with Gasteiger partial charge in [-0.1, -0.05) is 24.3 Å². The van der Waals surface area contributed by atoms with Crippen LogP contribution < -0.4 is 10.2 Å². The average molecular weight is 398 g/mol. The Morgan fingerprint density at radius 3 is 2.48 bits per heavy atom. The number of fused-ring (bicyclic) bond motifs is 1. The van der Waals surface area contributed by atoms with Crippen molar-refractivity contribution in [2.75, 3.05) is 19.7 Å². The van der Waals surface area contributed by atoms with E-state index in [0.29, 0.717) is 37.9 Å².